The Hall–Kier alpha value is -2.42. The molecule has 0 radical (unpaired) electrons. The molecule has 1 amide bonds. The number of thiocarbonyl (C=S) groups is 1. The third-order valence-corrected chi connectivity index (χ3v) is 5.10. The van der Waals surface area contributed by atoms with E-state index in [0.717, 1.165) is 42.8 Å². The van der Waals surface area contributed by atoms with Crippen LogP contribution in [0.4, 0.5) is 9.18 Å². The predicted molar refractivity (Wildman–Crippen MR) is 114 cm³/mol. The quantitative estimate of drug-likeness (QED) is 0.519. The first kappa shape index (κ1) is 21.3. The summed E-state index contributed by atoms with van der Waals surface area (Å²) < 4.78 is 18.6. The minimum absolute atomic E-state index is 0.264. The number of hydrogen-bond acceptors (Lipinski definition) is 4. The van der Waals surface area contributed by atoms with Crippen LogP contribution in [0, 0.1) is 5.82 Å². The topological polar surface area (TPSA) is 82.3 Å². The van der Waals surface area contributed by atoms with Crippen LogP contribution in [-0.4, -0.2) is 57.9 Å². The summed E-state index contributed by atoms with van der Waals surface area (Å²) in [7, 11) is 0. The summed E-state index contributed by atoms with van der Waals surface area (Å²) in [6.45, 7) is 8.09. The van der Waals surface area contributed by atoms with Gasteiger partial charge in [0.25, 0.3) is 0 Å². The molecule has 2 aromatic rings. The Balaban J connectivity index is 1.40. The van der Waals surface area contributed by atoms with Crippen LogP contribution in [0.1, 0.15) is 45.4 Å². The number of nitrogens with zero attached hydrogens (tertiary/aromatic N) is 2. The van der Waals surface area contributed by atoms with Gasteiger partial charge in [0.2, 0.25) is 0 Å². The maximum absolute atomic E-state index is 13.4. The van der Waals surface area contributed by atoms with Gasteiger partial charge in [-0.15, -0.1) is 0 Å². The number of aromatic amines is 1. The summed E-state index contributed by atoms with van der Waals surface area (Å²) in [5, 5.41) is 6.56. The van der Waals surface area contributed by atoms with Gasteiger partial charge in [-0.1, -0.05) is 0 Å². The van der Waals surface area contributed by atoms with Gasteiger partial charge in [0.15, 0.2) is 5.11 Å². The van der Waals surface area contributed by atoms with E-state index in [-0.39, 0.29) is 5.82 Å². The van der Waals surface area contributed by atoms with Gasteiger partial charge in [-0.2, -0.15) is 0 Å². The average molecular weight is 422 g/mol. The number of hydrogen-bond donors (Lipinski definition) is 3. The lowest BCUT2D eigenvalue weighted by atomic mass is 9.96. The molecule has 3 N–H and O–H groups in total. The molecule has 0 spiro atoms. The van der Waals surface area contributed by atoms with E-state index in [0.29, 0.717) is 24.1 Å². The fraction of sp³-hybridized carbons (Fsp3) is 0.550. The molecule has 1 saturated heterocycles. The van der Waals surface area contributed by atoms with Crippen molar-refractivity contribution in [1.29, 1.82) is 0 Å². The van der Waals surface area contributed by atoms with E-state index in [1.54, 1.807) is 6.07 Å². The lowest BCUT2D eigenvalue weighted by Gasteiger charge is -2.33. The van der Waals surface area contributed by atoms with Gasteiger partial charge in [0, 0.05) is 32.1 Å². The number of aromatic nitrogens is 2. The molecule has 0 atom stereocenters. The zero-order chi connectivity index (χ0) is 21.0. The number of imidazole rings is 1. The molecular formula is C20H28FN5O2S. The van der Waals surface area contributed by atoms with Crippen LogP contribution in [-0.2, 0) is 4.74 Å². The molecule has 7 nitrogen and oxygen atoms in total. The van der Waals surface area contributed by atoms with Gasteiger partial charge in [0.05, 0.1) is 11.0 Å². The summed E-state index contributed by atoms with van der Waals surface area (Å²) in [6.07, 6.45) is 1.40. The molecule has 0 aliphatic carbocycles. The number of halogens is 1. The van der Waals surface area contributed by atoms with Crippen LogP contribution in [0.3, 0.4) is 0 Å². The highest BCUT2D eigenvalue weighted by Gasteiger charge is 2.24. The Morgan fingerprint density at radius 3 is 2.69 bits per heavy atom. The smallest absolute Gasteiger partial charge is 0.407 e. The number of benzene rings is 1. The highest BCUT2D eigenvalue weighted by atomic mass is 32.1. The monoisotopic (exact) mass is 421 g/mol. The molecule has 2 heterocycles. The van der Waals surface area contributed by atoms with Crippen molar-refractivity contribution in [3.05, 3.63) is 29.8 Å². The highest BCUT2D eigenvalue weighted by molar-refractivity contribution is 7.80. The molecular weight excluding hydrogens is 393 g/mol. The van der Waals surface area contributed by atoms with Crippen LogP contribution < -0.4 is 10.6 Å². The standard InChI is InChI=1S/C20H28FN5O2S/c1-20(2,3)28-19(27)23-9-8-22-18(29)26-10-6-13(7-11-26)17-24-15-5-4-14(21)12-16(15)25-17/h4-5,12-13H,6-11H2,1-3H3,(H,22,29)(H,23,27)(H,24,25). The molecule has 0 bridgehead atoms. The molecule has 3 rings (SSSR count). The Labute approximate surface area is 175 Å². The fourth-order valence-corrected chi connectivity index (χ4v) is 3.60. The first-order valence-electron chi connectivity index (χ1n) is 9.86. The van der Waals surface area contributed by atoms with Crippen LogP contribution in [0.15, 0.2) is 18.2 Å². The van der Waals surface area contributed by atoms with Crippen molar-refractivity contribution < 1.29 is 13.9 Å². The summed E-state index contributed by atoms with van der Waals surface area (Å²) in [6, 6.07) is 4.60. The zero-order valence-electron chi connectivity index (χ0n) is 17.0. The number of rotatable bonds is 4. The molecule has 1 aromatic heterocycles. The van der Waals surface area contributed by atoms with Crippen molar-refractivity contribution in [2.24, 2.45) is 0 Å². The van der Waals surface area contributed by atoms with Gasteiger partial charge >= 0.3 is 6.09 Å². The second-order valence-electron chi connectivity index (χ2n) is 8.21. The molecule has 1 fully saturated rings. The van der Waals surface area contributed by atoms with Gasteiger partial charge in [-0.05, 0) is 64.0 Å². The normalized spacial score (nSPS) is 15.4. The molecule has 1 aliphatic rings. The molecule has 29 heavy (non-hydrogen) atoms. The lowest BCUT2D eigenvalue weighted by molar-refractivity contribution is 0.0529. The predicted octanol–water partition coefficient (Wildman–Crippen LogP) is 3.28. The van der Waals surface area contributed by atoms with Gasteiger partial charge < -0.3 is 25.3 Å². The summed E-state index contributed by atoms with van der Waals surface area (Å²) in [5.41, 5.74) is 1.01. The van der Waals surface area contributed by atoms with Crippen LogP contribution in [0.25, 0.3) is 11.0 Å². The Morgan fingerprint density at radius 1 is 1.31 bits per heavy atom. The van der Waals surface area contributed by atoms with Crippen molar-refractivity contribution in [2.75, 3.05) is 26.2 Å². The molecule has 0 saturated carbocycles. The summed E-state index contributed by atoms with van der Waals surface area (Å²) in [5.74, 6) is 0.948. The van der Waals surface area contributed by atoms with Crippen molar-refractivity contribution >= 4 is 34.5 Å². The molecule has 158 valence electrons. The van der Waals surface area contributed by atoms with Gasteiger partial charge in [-0.3, -0.25) is 0 Å². The Kier molecular flexibility index (Phi) is 6.56. The number of carbonyl (C=O) groups excluding carboxylic acids is 1. The third kappa shape index (κ3) is 6.03. The van der Waals surface area contributed by atoms with E-state index in [4.69, 9.17) is 17.0 Å². The highest BCUT2D eigenvalue weighted by Crippen LogP contribution is 2.28. The number of alkyl carbamates (subject to hydrolysis) is 1. The Bertz CT molecular complexity index is 871. The largest absolute Gasteiger partial charge is 0.444 e. The number of amides is 1. The summed E-state index contributed by atoms with van der Waals surface area (Å²) in [4.78, 5) is 21.6. The molecule has 0 unspecified atom stereocenters. The Morgan fingerprint density at radius 2 is 2.00 bits per heavy atom. The van der Waals surface area contributed by atoms with E-state index >= 15 is 0 Å². The van der Waals surface area contributed by atoms with E-state index < -0.39 is 11.7 Å². The minimum Gasteiger partial charge on any atom is -0.444 e. The van der Waals surface area contributed by atoms with Crippen molar-refractivity contribution in [3.63, 3.8) is 0 Å². The number of likely N-dealkylation sites (tertiary alicyclic amines) is 1. The van der Waals surface area contributed by atoms with Gasteiger partial charge in [-0.25, -0.2) is 14.2 Å². The zero-order valence-corrected chi connectivity index (χ0v) is 17.9. The number of nitrogens with one attached hydrogen (secondary N) is 3. The number of ether oxygens (including phenoxy) is 1. The summed E-state index contributed by atoms with van der Waals surface area (Å²) >= 11 is 5.47. The van der Waals surface area contributed by atoms with Crippen LogP contribution in [0.5, 0.6) is 0 Å². The maximum Gasteiger partial charge on any atom is 0.407 e. The second-order valence-corrected chi connectivity index (χ2v) is 8.59. The first-order chi connectivity index (χ1) is 13.7. The SMILES string of the molecule is CC(C)(C)OC(=O)NCCNC(=S)N1CCC(c2nc3ccc(F)cc3[nH]2)CC1. The fourth-order valence-electron chi connectivity index (χ4n) is 3.31. The number of carbonyl (C=O) groups is 1. The number of fused-ring (bicyclic) bond motifs is 1. The third-order valence-electron chi connectivity index (χ3n) is 4.70. The number of piperidine rings is 1. The minimum atomic E-state index is -0.509. The van der Waals surface area contributed by atoms with E-state index in [2.05, 4.69) is 25.5 Å². The van der Waals surface area contributed by atoms with E-state index in [1.165, 1.54) is 12.1 Å². The van der Waals surface area contributed by atoms with Crippen LogP contribution >= 0.6 is 12.2 Å². The molecule has 9 heteroatoms. The first-order valence-corrected chi connectivity index (χ1v) is 10.3. The molecule has 1 aromatic carbocycles. The van der Waals surface area contributed by atoms with Crippen molar-refractivity contribution in [2.45, 2.75) is 45.1 Å². The molecule has 1 aliphatic heterocycles. The number of H-pyrrole nitrogens is 1. The van der Waals surface area contributed by atoms with Crippen molar-refractivity contribution in [1.82, 2.24) is 25.5 Å². The maximum atomic E-state index is 13.4. The second kappa shape index (κ2) is 8.94. The van der Waals surface area contributed by atoms with E-state index in [1.807, 2.05) is 20.8 Å². The van der Waals surface area contributed by atoms with Crippen LogP contribution in [0.2, 0.25) is 0 Å². The van der Waals surface area contributed by atoms with E-state index in [9.17, 15) is 9.18 Å². The van der Waals surface area contributed by atoms with Gasteiger partial charge in [0.1, 0.15) is 17.2 Å². The average Bonchev–Trinajstić information content (AvgIpc) is 3.07. The van der Waals surface area contributed by atoms with Crippen molar-refractivity contribution in [3.8, 4) is 0 Å². The lowest BCUT2D eigenvalue weighted by Crippen LogP contribution is -2.46.